The number of ether oxygens (including phenoxy) is 2. The van der Waals surface area contributed by atoms with E-state index < -0.39 is 17.8 Å². The highest BCUT2D eigenvalue weighted by Crippen LogP contribution is 2.33. The molecule has 0 saturated heterocycles. The molecule has 0 bridgehead atoms. The molecule has 9 heteroatoms. The Bertz CT molecular complexity index is 1100. The molecule has 3 rings (SSSR count). The first-order valence-electron chi connectivity index (χ1n) is 8.84. The third kappa shape index (κ3) is 3.81. The Balaban J connectivity index is 1.92. The lowest BCUT2D eigenvalue weighted by Gasteiger charge is -2.08. The largest absolute Gasteiger partial charge is 0.462 e. The number of nitrogen functional groups attached to an aromatic ring is 1. The van der Waals surface area contributed by atoms with Crippen LogP contribution in [0, 0.1) is 6.92 Å². The van der Waals surface area contributed by atoms with Gasteiger partial charge in [-0.25, -0.2) is 9.59 Å². The fourth-order valence-corrected chi connectivity index (χ4v) is 3.93. The van der Waals surface area contributed by atoms with E-state index in [4.69, 9.17) is 19.6 Å². The summed E-state index contributed by atoms with van der Waals surface area (Å²) in [6, 6.07) is 7.24. The summed E-state index contributed by atoms with van der Waals surface area (Å²) in [5.74, 6) is -1.76. The van der Waals surface area contributed by atoms with Crippen molar-refractivity contribution in [3.63, 3.8) is 0 Å². The van der Waals surface area contributed by atoms with Gasteiger partial charge in [0.15, 0.2) is 0 Å². The van der Waals surface area contributed by atoms with Gasteiger partial charge < -0.3 is 24.9 Å². The Morgan fingerprint density at radius 3 is 2.55 bits per heavy atom. The Labute approximate surface area is 170 Å². The van der Waals surface area contributed by atoms with Crippen molar-refractivity contribution < 1.29 is 28.3 Å². The van der Waals surface area contributed by atoms with Crippen molar-refractivity contribution in [1.82, 2.24) is 5.32 Å². The SMILES string of the molecule is CCOC(=O)c1c(N)sc(C(=O)NC)c1COC(=O)c1oc2ccccc2c1C. The van der Waals surface area contributed by atoms with E-state index in [9.17, 15) is 14.4 Å². The van der Waals surface area contributed by atoms with Gasteiger partial charge in [-0.15, -0.1) is 11.3 Å². The quantitative estimate of drug-likeness (QED) is 0.592. The number of carbonyl (C=O) groups is 3. The Morgan fingerprint density at radius 2 is 1.90 bits per heavy atom. The van der Waals surface area contributed by atoms with Crippen molar-refractivity contribution in [3.05, 3.63) is 51.6 Å². The van der Waals surface area contributed by atoms with Crippen LogP contribution in [-0.2, 0) is 16.1 Å². The average molecular weight is 416 g/mol. The first kappa shape index (κ1) is 20.4. The number of furan rings is 1. The van der Waals surface area contributed by atoms with E-state index in [0.29, 0.717) is 11.1 Å². The lowest BCUT2D eigenvalue weighted by Crippen LogP contribution is -2.20. The minimum Gasteiger partial charge on any atom is -0.462 e. The van der Waals surface area contributed by atoms with Crippen molar-refractivity contribution in [2.45, 2.75) is 20.5 Å². The molecule has 8 nitrogen and oxygen atoms in total. The number of aryl methyl sites for hydroxylation is 1. The van der Waals surface area contributed by atoms with Gasteiger partial charge in [-0.2, -0.15) is 0 Å². The molecule has 0 fully saturated rings. The van der Waals surface area contributed by atoms with Gasteiger partial charge in [-0.1, -0.05) is 18.2 Å². The molecule has 3 N–H and O–H groups in total. The summed E-state index contributed by atoms with van der Waals surface area (Å²) in [4.78, 5) is 37.3. The number of nitrogens with one attached hydrogen (secondary N) is 1. The predicted molar refractivity (Wildman–Crippen MR) is 108 cm³/mol. The number of nitrogens with two attached hydrogens (primary N) is 1. The van der Waals surface area contributed by atoms with E-state index >= 15 is 0 Å². The van der Waals surface area contributed by atoms with Gasteiger partial charge >= 0.3 is 11.9 Å². The van der Waals surface area contributed by atoms with E-state index in [2.05, 4.69) is 5.32 Å². The fraction of sp³-hybridized carbons (Fsp3) is 0.250. The van der Waals surface area contributed by atoms with Crippen LogP contribution in [-0.4, -0.2) is 31.5 Å². The van der Waals surface area contributed by atoms with Crippen molar-refractivity contribution in [3.8, 4) is 0 Å². The zero-order valence-electron chi connectivity index (χ0n) is 16.2. The van der Waals surface area contributed by atoms with Gasteiger partial charge in [0.25, 0.3) is 5.91 Å². The highest BCUT2D eigenvalue weighted by molar-refractivity contribution is 7.18. The summed E-state index contributed by atoms with van der Waals surface area (Å²) in [6.07, 6.45) is 0. The maximum absolute atomic E-state index is 12.6. The summed E-state index contributed by atoms with van der Waals surface area (Å²) in [6.45, 7) is 3.22. The van der Waals surface area contributed by atoms with Crippen molar-refractivity contribution in [1.29, 1.82) is 0 Å². The van der Waals surface area contributed by atoms with Gasteiger partial charge in [0, 0.05) is 23.6 Å². The number of carbonyl (C=O) groups excluding carboxylic acids is 3. The van der Waals surface area contributed by atoms with Crippen LogP contribution in [0.25, 0.3) is 11.0 Å². The third-order valence-electron chi connectivity index (χ3n) is 4.32. The van der Waals surface area contributed by atoms with Gasteiger partial charge in [-0.05, 0) is 19.9 Å². The molecule has 0 saturated carbocycles. The van der Waals surface area contributed by atoms with Crippen molar-refractivity contribution in [2.75, 3.05) is 19.4 Å². The molecule has 1 amide bonds. The molecular formula is C20H20N2O6S. The van der Waals surface area contributed by atoms with Crippen LogP contribution in [0.3, 0.4) is 0 Å². The monoisotopic (exact) mass is 416 g/mol. The standard InChI is InChI=1S/C20H20N2O6S/c1-4-26-19(24)14-12(16(18(23)22-3)29-17(14)21)9-27-20(25)15-10(2)11-7-5-6-8-13(11)28-15/h5-8H,4,9,21H2,1-3H3,(H,22,23). The number of rotatable bonds is 6. The summed E-state index contributed by atoms with van der Waals surface area (Å²) in [5.41, 5.74) is 7.38. The third-order valence-corrected chi connectivity index (χ3v) is 5.38. The summed E-state index contributed by atoms with van der Waals surface area (Å²) >= 11 is 0.932. The summed E-state index contributed by atoms with van der Waals surface area (Å²) in [7, 11) is 1.45. The first-order valence-corrected chi connectivity index (χ1v) is 9.66. The Kier molecular flexibility index (Phi) is 5.88. The van der Waals surface area contributed by atoms with Gasteiger partial charge in [0.1, 0.15) is 27.6 Å². The number of para-hydroxylation sites is 1. The number of esters is 2. The topological polar surface area (TPSA) is 121 Å². The summed E-state index contributed by atoms with van der Waals surface area (Å²) in [5, 5.41) is 3.41. The first-order chi connectivity index (χ1) is 13.9. The molecule has 29 heavy (non-hydrogen) atoms. The van der Waals surface area contributed by atoms with Crippen LogP contribution in [0.4, 0.5) is 5.00 Å². The molecule has 0 atom stereocenters. The van der Waals surface area contributed by atoms with Gasteiger partial charge in [0.05, 0.1) is 6.61 Å². The molecule has 0 radical (unpaired) electrons. The number of fused-ring (bicyclic) bond motifs is 1. The molecule has 0 spiro atoms. The zero-order valence-corrected chi connectivity index (χ0v) is 17.0. The number of hydrogen-bond donors (Lipinski definition) is 2. The molecule has 0 aliphatic rings. The second-order valence-corrected chi connectivity index (χ2v) is 7.13. The molecule has 2 heterocycles. The number of thiophene rings is 1. The van der Waals surface area contributed by atoms with E-state index in [1.165, 1.54) is 7.05 Å². The highest BCUT2D eigenvalue weighted by atomic mass is 32.1. The predicted octanol–water partition coefficient (Wildman–Crippen LogP) is 3.28. The van der Waals surface area contributed by atoms with Crippen LogP contribution < -0.4 is 11.1 Å². The van der Waals surface area contributed by atoms with Gasteiger partial charge in [0.2, 0.25) is 5.76 Å². The smallest absolute Gasteiger partial charge is 0.374 e. The van der Waals surface area contributed by atoms with Gasteiger partial charge in [-0.3, -0.25) is 4.79 Å². The molecule has 0 aliphatic carbocycles. The van der Waals surface area contributed by atoms with Crippen molar-refractivity contribution in [2.24, 2.45) is 0 Å². The van der Waals surface area contributed by atoms with E-state index in [1.54, 1.807) is 26.0 Å². The second kappa shape index (κ2) is 8.36. The normalized spacial score (nSPS) is 10.7. The second-order valence-electron chi connectivity index (χ2n) is 6.08. The van der Waals surface area contributed by atoms with Crippen LogP contribution in [0.2, 0.25) is 0 Å². The van der Waals surface area contributed by atoms with E-state index in [1.807, 2.05) is 12.1 Å². The van der Waals surface area contributed by atoms with Crippen LogP contribution in [0.5, 0.6) is 0 Å². The molecule has 152 valence electrons. The highest BCUT2D eigenvalue weighted by Gasteiger charge is 2.28. The van der Waals surface area contributed by atoms with Crippen molar-refractivity contribution >= 4 is 45.2 Å². The lowest BCUT2D eigenvalue weighted by molar-refractivity contribution is 0.0421. The maximum Gasteiger partial charge on any atom is 0.374 e. The average Bonchev–Trinajstić information content (AvgIpc) is 3.23. The maximum atomic E-state index is 12.6. The molecule has 0 aliphatic heterocycles. The molecular weight excluding hydrogens is 396 g/mol. The number of amides is 1. The minimum absolute atomic E-state index is 0.0320. The van der Waals surface area contributed by atoms with Crippen LogP contribution in [0.1, 0.15) is 48.6 Å². The number of hydrogen-bond acceptors (Lipinski definition) is 8. The minimum atomic E-state index is -0.707. The molecule has 0 unspecified atom stereocenters. The van der Waals surface area contributed by atoms with Crippen LogP contribution in [0.15, 0.2) is 28.7 Å². The lowest BCUT2D eigenvalue weighted by atomic mass is 10.1. The molecule has 1 aromatic carbocycles. The summed E-state index contributed by atoms with van der Waals surface area (Å²) < 4.78 is 16.0. The van der Waals surface area contributed by atoms with E-state index in [-0.39, 0.29) is 40.0 Å². The van der Waals surface area contributed by atoms with E-state index in [0.717, 1.165) is 16.7 Å². The molecule has 3 aromatic rings. The zero-order chi connectivity index (χ0) is 21.1. The number of anilines is 1. The van der Waals surface area contributed by atoms with Crippen LogP contribution >= 0.6 is 11.3 Å². The Morgan fingerprint density at radius 1 is 1.17 bits per heavy atom. The fourth-order valence-electron chi connectivity index (χ4n) is 2.92. The molecule has 2 aromatic heterocycles. The Hall–Kier alpha value is -3.33. The number of benzene rings is 1.